The summed E-state index contributed by atoms with van der Waals surface area (Å²) < 4.78 is 4.57. The van der Waals surface area contributed by atoms with E-state index in [1.807, 2.05) is 0 Å². The Morgan fingerprint density at radius 2 is 2.00 bits per heavy atom. The van der Waals surface area contributed by atoms with Crippen molar-refractivity contribution < 1.29 is 19.4 Å². The molecule has 0 saturated heterocycles. The quantitative estimate of drug-likeness (QED) is 0.483. The van der Waals surface area contributed by atoms with Gasteiger partial charge in [-0.3, -0.25) is 4.79 Å². The maximum atomic E-state index is 11.1. The molecule has 0 fully saturated rings. The summed E-state index contributed by atoms with van der Waals surface area (Å²) in [4.78, 5) is 23.6. The predicted octanol–water partition coefficient (Wildman–Crippen LogP) is -0.444. The Morgan fingerprint density at radius 1 is 1.43 bits per heavy atom. The number of aliphatic hydroxyl groups is 1. The molecule has 0 aliphatic rings. The molecule has 0 rings (SSSR count). The highest BCUT2D eigenvalue weighted by Gasteiger charge is 2.13. The number of amides is 1. The van der Waals surface area contributed by atoms with Crippen molar-refractivity contribution in [1.82, 2.24) is 4.90 Å². The van der Waals surface area contributed by atoms with Crippen LogP contribution in [0.2, 0.25) is 0 Å². The van der Waals surface area contributed by atoms with Gasteiger partial charge in [-0.25, -0.2) is 4.79 Å². The van der Waals surface area contributed by atoms with Crippen molar-refractivity contribution >= 4 is 11.9 Å². The third kappa shape index (κ3) is 4.61. The van der Waals surface area contributed by atoms with E-state index in [9.17, 15) is 9.59 Å². The number of nitrogens with zero attached hydrogens (tertiary/aromatic N) is 1. The van der Waals surface area contributed by atoms with E-state index >= 15 is 0 Å². The summed E-state index contributed by atoms with van der Waals surface area (Å²) in [5.74, 6) is -0.856. The van der Waals surface area contributed by atoms with Gasteiger partial charge in [-0.2, -0.15) is 0 Å². The smallest absolute Gasteiger partial charge is 0.334 e. The van der Waals surface area contributed by atoms with E-state index in [1.54, 1.807) is 14.1 Å². The van der Waals surface area contributed by atoms with Crippen LogP contribution in [0, 0.1) is 0 Å². The highest BCUT2D eigenvalue weighted by Crippen LogP contribution is 2.02. The SMILES string of the molecule is C=C(CC(=O)N(C)C)C(=O)OCCO. The van der Waals surface area contributed by atoms with Gasteiger partial charge in [-0.05, 0) is 0 Å². The van der Waals surface area contributed by atoms with Crippen LogP contribution < -0.4 is 0 Å². The molecule has 80 valence electrons. The highest BCUT2D eigenvalue weighted by molar-refractivity contribution is 5.94. The first kappa shape index (κ1) is 12.6. The molecule has 0 aromatic heterocycles. The number of ether oxygens (including phenoxy) is 1. The largest absolute Gasteiger partial charge is 0.460 e. The monoisotopic (exact) mass is 201 g/mol. The van der Waals surface area contributed by atoms with Gasteiger partial charge in [-0.15, -0.1) is 0 Å². The van der Waals surface area contributed by atoms with Crippen LogP contribution in [0.4, 0.5) is 0 Å². The van der Waals surface area contributed by atoms with Gasteiger partial charge in [0.2, 0.25) is 5.91 Å². The van der Waals surface area contributed by atoms with E-state index in [-0.39, 0.29) is 31.1 Å². The van der Waals surface area contributed by atoms with Gasteiger partial charge >= 0.3 is 5.97 Å². The summed E-state index contributed by atoms with van der Waals surface area (Å²) in [6.45, 7) is 3.12. The Bertz CT molecular complexity index is 235. The molecule has 0 spiro atoms. The number of rotatable bonds is 5. The lowest BCUT2D eigenvalue weighted by Crippen LogP contribution is -2.23. The number of carbonyl (C=O) groups is 2. The van der Waals surface area contributed by atoms with Crippen molar-refractivity contribution in [3.63, 3.8) is 0 Å². The summed E-state index contributed by atoms with van der Waals surface area (Å²) in [6.07, 6.45) is -0.0583. The fourth-order valence-corrected chi connectivity index (χ4v) is 0.653. The van der Waals surface area contributed by atoms with Crippen LogP contribution in [0.25, 0.3) is 0 Å². The summed E-state index contributed by atoms with van der Waals surface area (Å²) in [5, 5.41) is 8.38. The number of aliphatic hydroxyl groups excluding tert-OH is 1. The molecule has 0 saturated carbocycles. The molecule has 0 aliphatic carbocycles. The zero-order chi connectivity index (χ0) is 11.1. The molecule has 0 bridgehead atoms. The third-order valence-corrected chi connectivity index (χ3v) is 1.48. The van der Waals surface area contributed by atoms with Gasteiger partial charge in [0.05, 0.1) is 13.0 Å². The molecular weight excluding hydrogens is 186 g/mol. The van der Waals surface area contributed by atoms with Crippen LogP contribution >= 0.6 is 0 Å². The Labute approximate surface area is 83.0 Å². The molecular formula is C9H15NO4. The Hall–Kier alpha value is -1.36. The first-order valence-electron chi connectivity index (χ1n) is 4.15. The van der Waals surface area contributed by atoms with Gasteiger partial charge in [0.1, 0.15) is 6.61 Å². The fraction of sp³-hybridized carbons (Fsp3) is 0.556. The summed E-state index contributed by atoms with van der Waals surface area (Å²) >= 11 is 0. The molecule has 5 heteroatoms. The minimum absolute atomic E-state index is 0.0583. The summed E-state index contributed by atoms with van der Waals surface area (Å²) in [7, 11) is 3.18. The van der Waals surface area contributed by atoms with E-state index in [0.717, 1.165) is 0 Å². The first-order chi connectivity index (χ1) is 6.49. The van der Waals surface area contributed by atoms with Crippen molar-refractivity contribution in [3.05, 3.63) is 12.2 Å². The lowest BCUT2D eigenvalue weighted by atomic mass is 10.2. The molecule has 0 atom stereocenters. The van der Waals surface area contributed by atoms with Crippen LogP contribution in [-0.2, 0) is 14.3 Å². The lowest BCUT2D eigenvalue weighted by Gasteiger charge is -2.10. The van der Waals surface area contributed by atoms with Gasteiger partial charge in [0, 0.05) is 19.7 Å². The number of carbonyl (C=O) groups excluding carboxylic acids is 2. The Morgan fingerprint density at radius 3 is 2.43 bits per heavy atom. The van der Waals surface area contributed by atoms with Crippen molar-refractivity contribution in [2.45, 2.75) is 6.42 Å². The van der Waals surface area contributed by atoms with Crippen LogP contribution in [0.1, 0.15) is 6.42 Å². The lowest BCUT2D eigenvalue weighted by molar-refractivity contribution is -0.141. The molecule has 0 unspecified atom stereocenters. The maximum Gasteiger partial charge on any atom is 0.334 e. The summed E-state index contributed by atoms with van der Waals surface area (Å²) in [5.41, 5.74) is 0.0946. The molecule has 0 heterocycles. The van der Waals surface area contributed by atoms with Crippen molar-refractivity contribution in [1.29, 1.82) is 0 Å². The maximum absolute atomic E-state index is 11.1. The average molecular weight is 201 g/mol. The van der Waals surface area contributed by atoms with E-state index in [4.69, 9.17) is 5.11 Å². The third-order valence-electron chi connectivity index (χ3n) is 1.48. The molecule has 5 nitrogen and oxygen atoms in total. The number of hydrogen-bond acceptors (Lipinski definition) is 4. The second kappa shape index (κ2) is 6.15. The minimum Gasteiger partial charge on any atom is -0.460 e. The van der Waals surface area contributed by atoms with Crippen LogP contribution in [0.15, 0.2) is 12.2 Å². The second-order valence-electron chi connectivity index (χ2n) is 2.93. The van der Waals surface area contributed by atoms with E-state index in [2.05, 4.69) is 11.3 Å². The molecule has 0 aromatic rings. The molecule has 14 heavy (non-hydrogen) atoms. The standard InChI is InChI=1S/C9H15NO4/c1-7(6-8(12)10(2)3)9(13)14-5-4-11/h11H,1,4-6H2,2-3H3. The van der Waals surface area contributed by atoms with Gasteiger partial charge in [0.15, 0.2) is 0 Å². The van der Waals surface area contributed by atoms with Crippen LogP contribution in [-0.4, -0.2) is 49.2 Å². The molecule has 1 amide bonds. The fourth-order valence-electron chi connectivity index (χ4n) is 0.653. The molecule has 0 radical (unpaired) electrons. The molecule has 1 N–H and O–H groups in total. The minimum atomic E-state index is -0.644. The zero-order valence-corrected chi connectivity index (χ0v) is 8.45. The first-order valence-corrected chi connectivity index (χ1v) is 4.15. The summed E-state index contributed by atoms with van der Waals surface area (Å²) in [6, 6.07) is 0. The number of esters is 1. The van der Waals surface area contributed by atoms with Crippen molar-refractivity contribution in [2.75, 3.05) is 27.3 Å². The van der Waals surface area contributed by atoms with Crippen LogP contribution in [0.3, 0.4) is 0 Å². The number of hydrogen-bond donors (Lipinski definition) is 1. The van der Waals surface area contributed by atoms with Crippen LogP contribution in [0.5, 0.6) is 0 Å². The topological polar surface area (TPSA) is 66.8 Å². The highest BCUT2D eigenvalue weighted by atomic mass is 16.5. The van der Waals surface area contributed by atoms with Crippen molar-refractivity contribution in [3.8, 4) is 0 Å². The second-order valence-corrected chi connectivity index (χ2v) is 2.93. The average Bonchev–Trinajstić information content (AvgIpc) is 2.13. The zero-order valence-electron chi connectivity index (χ0n) is 8.45. The normalized spacial score (nSPS) is 9.36. The van der Waals surface area contributed by atoms with Gasteiger partial charge < -0.3 is 14.7 Å². The molecule has 0 aromatic carbocycles. The van der Waals surface area contributed by atoms with Gasteiger partial charge in [0.25, 0.3) is 0 Å². The van der Waals surface area contributed by atoms with Gasteiger partial charge in [-0.1, -0.05) is 6.58 Å². The van der Waals surface area contributed by atoms with E-state index in [0.29, 0.717) is 0 Å². The predicted molar refractivity (Wildman–Crippen MR) is 50.5 cm³/mol. The van der Waals surface area contributed by atoms with E-state index < -0.39 is 5.97 Å². The van der Waals surface area contributed by atoms with E-state index in [1.165, 1.54) is 4.90 Å². The Kier molecular flexibility index (Phi) is 5.55. The van der Waals surface area contributed by atoms with Crippen molar-refractivity contribution in [2.24, 2.45) is 0 Å². The Balaban J connectivity index is 3.96. The molecule has 0 aliphatic heterocycles.